The van der Waals surface area contributed by atoms with E-state index < -0.39 is 0 Å². The molecular formula is C29H30N4O3. The van der Waals surface area contributed by atoms with Gasteiger partial charge in [-0.1, -0.05) is 18.2 Å². The number of hydrogen-bond acceptors (Lipinski definition) is 4. The Morgan fingerprint density at radius 2 is 1.72 bits per heavy atom. The highest BCUT2D eigenvalue weighted by molar-refractivity contribution is 6.02. The maximum atomic E-state index is 13.2. The first-order valence-corrected chi connectivity index (χ1v) is 12.0. The molecule has 3 aromatic rings. The van der Waals surface area contributed by atoms with Crippen molar-refractivity contribution in [3.05, 3.63) is 83.2 Å². The third-order valence-electron chi connectivity index (χ3n) is 6.65. The van der Waals surface area contributed by atoms with Gasteiger partial charge >= 0.3 is 0 Å². The van der Waals surface area contributed by atoms with Crippen LogP contribution < -0.4 is 10.1 Å². The molecule has 1 fully saturated rings. The van der Waals surface area contributed by atoms with Gasteiger partial charge in [0, 0.05) is 41.8 Å². The SMILES string of the molecule is COc1ccc(-n2c(C)cc(/C=C(\C#N)C(=O)N3CCC(C(=O)Nc4ccccc4)CC3)c2C)cc1. The lowest BCUT2D eigenvalue weighted by Crippen LogP contribution is -2.41. The molecule has 1 saturated heterocycles. The number of carbonyl (C=O) groups is 2. The maximum absolute atomic E-state index is 13.2. The van der Waals surface area contributed by atoms with Gasteiger partial charge in [0.25, 0.3) is 5.91 Å². The summed E-state index contributed by atoms with van der Waals surface area (Å²) < 4.78 is 7.33. The zero-order valence-corrected chi connectivity index (χ0v) is 20.8. The van der Waals surface area contributed by atoms with Crippen molar-refractivity contribution in [2.24, 2.45) is 5.92 Å². The fourth-order valence-electron chi connectivity index (χ4n) is 4.64. The molecule has 0 atom stereocenters. The van der Waals surface area contributed by atoms with Gasteiger partial charge in [0.15, 0.2) is 0 Å². The molecule has 0 spiro atoms. The van der Waals surface area contributed by atoms with E-state index >= 15 is 0 Å². The second kappa shape index (κ2) is 11.0. The second-order valence-corrected chi connectivity index (χ2v) is 8.95. The molecule has 0 unspecified atom stereocenters. The minimum Gasteiger partial charge on any atom is -0.497 e. The highest BCUT2D eigenvalue weighted by Gasteiger charge is 2.29. The van der Waals surface area contributed by atoms with Crippen molar-refractivity contribution in [3.63, 3.8) is 0 Å². The second-order valence-electron chi connectivity index (χ2n) is 8.95. The number of nitrogens with zero attached hydrogens (tertiary/aromatic N) is 3. The highest BCUT2D eigenvalue weighted by atomic mass is 16.5. The number of hydrogen-bond donors (Lipinski definition) is 1. The summed E-state index contributed by atoms with van der Waals surface area (Å²) in [5.74, 6) is 0.288. The lowest BCUT2D eigenvalue weighted by molar-refractivity contribution is -0.130. The Hall–Kier alpha value is -4.31. The topological polar surface area (TPSA) is 87.4 Å². The van der Waals surface area contributed by atoms with Gasteiger partial charge in [0.05, 0.1) is 7.11 Å². The van der Waals surface area contributed by atoms with Crippen LogP contribution in [0.3, 0.4) is 0 Å². The molecule has 0 saturated carbocycles. The molecule has 2 amide bonds. The van der Waals surface area contributed by atoms with Crippen molar-refractivity contribution in [2.75, 3.05) is 25.5 Å². The smallest absolute Gasteiger partial charge is 0.264 e. The number of benzene rings is 2. The number of amides is 2. The van der Waals surface area contributed by atoms with Crippen LogP contribution in [0.15, 0.2) is 66.2 Å². The standard InChI is InChI=1S/C29H30N4O3/c1-20-17-23(21(2)33(20)26-9-11-27(36-3)12-10-26)18-24(19-30)29(35)32-15-13-22(14-16-32)28(34)31-25-7-5-4-6-8-25/h4-12,17-18,22H,13-16H2,1-3H3,(H,31,34)/b24-18+. The van der Waals surface area contributed by atoms with Crippen LogP contribution in [0.5, 0.6) is 5.75 Å². The highest BCUT2D eigenvalue weighted by Crippen LogP contribution is 2.26. The van der Waals surface area contributed by atoms with Gasteiger partial charge in [0.1, 0.15) is 17.4 Å². The minimum atomic E-state index is -0.298. The molecule has 7 nitrogen and oxygen atoms in total. The van der Waals surface area contributed by atoms with Crippen molar-refractivity contribution in [1.29, 1.82) is 5.26 Å². The van der Waals surface area contributed by atoms with E-state index in [1.54, 1.807) is 18.1 Å². The van der Waals surface area contributed by atoms with Crippen molar-refractivity contribution in [2.45, 2.75) is 26.7 Å². The largest absolute Gasteiger partial charge is 0.497 e. The molecule has 2 aromatic carbocycles. The van der Waals surface area contributed by atoms with E-state index in [0.29, 0.717) is 25.9 Å². The fourth-order valence-corrected chi connectivity index (χ4v) is 4.64. The Labute approximate surface area is 211 Å². The lowest BCUT2D eigenvalue weighted by Gasteiger charge is -2.31. The third-order valence-corrected chi connectivity index (χ3v) is 6.65. The zero-order chi connectivity index (χ0) is 25.7. The number of likely N-dealkylation sites (tertiary alicyclic amines) is 1. The summed E-state index contributed by atoms with van der Waals surface area (Å²) in [5, 5.41) is 12.7. The molecule has 0 radical (unpaired) electrons. The van der Waals surface area contributed by atoms with Gasteiger partial charge in [-0.25, -0.2) is 0 Å². The number of carbonyl (C=O) groups excluding carboxylic acids is 2. The molecule has 1 aromatic heterocycles. The van der Waals surface area contributed by atoms with Crippen LogP contribution in [0.1, 0.15) is 29.8 Å². The third kappa shape index (κ3) is 5.33. The van der Waals surface area contributed by atoms with E-state index in [1.165, 1.54) is 0 Å². The van der Waals surface area contributed by atoms with Gasteiger partial charge in [-0.05, 0) is 80.8 Å². The number of anilines is 1. The Kier molecular flexibility index (Phi) is 7.55. The van der Waals surface area contributed by atoms with Crippen molar-refractivity contribution in [1.82, 2.24) is 9.47 Å². The van der Waals surface area contributed by atoms with Gasteiger partial charge in [-0.3, -0.25) is 9.59 Å². The summed E-state index contributed by atoms with van der Waals surface area (Å²) in [7, 11) is 1.63. The molecule has 1 aliphatic heterocycles. The monoisotopic (exact) mass is 482 g/mol. The number of aryl methyl sites for hydroxylation is 1. The van der Waals surface area contributed by atoms with E-state index in [4.69, 9.17) is 4.74 Å². The van der Waals surface area contributed by atoms with Gasteiger partial charge in [0.2, 0.25) is 5.91 Å². The van der Waals surface area contributed by atoms with Gasteiger partial charge in [-0.2, -0.15) is 5.26 Å². The van der Waals surface area contributed by atoms with E-state index in [2.05, 4.69) is 16.0 Å². The number of aromatic nitrogens is 1. The molecule has 0 bridgehead atoms. The predicted octanol–water partition coefficient (Wildman–Crippen LogP) is 4.89. The number of rotatable bonds is 6. The number of nitrogens with one attached hydrogen (secondary N) is 1. The molecule has 7 heteroatoms. The molecule has 4 rings (SSSR count). The average molecular weight is 483 g/mol. The lowest BCUT2D eigenvalue weighted by atomic mass is 9.95. The van der Waals surface area contributed by atoms with E-state index in [9.17, 15) is 14.9 Å². The number of methoxy groups -OCH3 is 1. The normalized spacial score (nSPS) is 14.3. The molecule has 0 aliphatic carbocycles. The number of piperidine rings is 1. The molecule has 184 valence electrons. The van der Waals surface area contributed by atoms with Crippen LogP contribution in [0, 0.1) is 31.1 Å². The first kappa shape index (κ1) is 24.8. The van der Waals surface area contributed by atoms with Gasteiger partial charge in [-0.15, -0.1) is 0 Å². The summed E-state index contributed by atoms with van der Waals surface area (Å²) in [5.41, 5.74) is 4.60. The fraction of sp³-hybridized carbons (Fsp3) is 0.276. The minimum absolute atomic E-state index is 0.0321. The van der Waals surface area contributed by atoms with Gasteiger partial charge < -0.3 is 19.5 Å². The summed E-state index contributed by atoms with van der Waals surface area (Å²) in [6, 6.07) is 21.2. The van der Waals surface area contributed by atoms with Crippen LogP contribution in [0.25, 0.3) is 11.8 Å². The van der Waals surface area contributed by atoms with Crippen molar-refractivity contribution >= 4 is 23.6 Å². The number of para-hydroxylation sites is 1. The Morgan fingerprint density at radius 1 is 1.06 bits per heavy atom. The van der Waals surface area contributed by atoms with E-state index in [-0.39, 0.29) is 23.3 Å². The van der Waals surface area contributed by atoms with Crippen molar-refractivity contribution < 1.29 is 14.3 Å². The Balaban J connectivity index is 1.44. The average Bonchev–Trinajstić information content (AvgIpc) is 3.19. The Bertz CT molecular complexity index is 1310. The number of nitriles is 1. The summed E-state index contributed by atoms with van der Waals surface area (Å²) in [4.78, 5) is 27.4. The van der Waals surface area contributed by atoms with Crippen LogP contribution in [0.2, 0.25) is 0 Å². The molecular weight excluding hydrogens is 452 g/mol. The summed E-state index contributed by atoms with van der Waals surface area (Å²) >= 11 is 0. The predicted molar refractivity (Wildman–Crippen MR) is 140 cm³/mol. The Morgan fingerprint density at radius 3 is 2.33 bits per heavy atom. The van der Waals surface area contributed by atoms with E-state index in [1.807, 2.05) is 74.5 Å². The van der Waals surface area contributed by atoms with Crippen LogP contribution in [-0.2, 0) is 9.59 Å². The van der Waals surface area contributed by atoms with E-state index in [0.717, 1.165) is 34.1 Å². The summed E-state index contributed by atoms with van der Waals surface area (Å²) in [6.07, 6.45) is 2.79. The first-order valence-electron chi connectivity index (χ1n) is 12.0. The molecule has 1 aliphatic rings. The summed E-state index contributed by atoms with van der Waals surface area (Å²) in [6.45, 7) is 4.85. The van der Waals surface area contributed by atoms with Crippen LogP contribution in [0.4, 0.5) is 5.69 Å². The molecule has 2 heterocycles. The maximum Gasteiger partial charge on any atom is 0.264 e. The molecule has 36 heavy (non-hydrogen) atoms. The zero-order valence-electron chi connectivity index (χ0n) is 20.8. The van der Waals surface area contributed by atoms with Crippen LogP contribution >= 0.6 is 0 Å². The number of ether oxygens (including phenoxy) is 1. The van der Waals surface area contributed by atoms with Crippen LogP contribution in [-0.4, -0.2) is 41.5 Å². The van der Waals surface area contributed by atoms with Crippen molar-refractivity contribution in [3.8, 4) is 17.5 Å². The molecule has 1 N–H and O–H groups in total. The first-order chi connectivity index (χ1) is 17.4. The quantitative estimate of drug-likeness (QED) is 0.400.